The summed E-state index contributed by atoms with van der Waals surface area (Å²) < 4.78 is 11.1. The third-order valence-electron chi connectivity index (χ3n) is 4.76. The van der Waals surface area contributed by atoms with Crippen LogP contribution in [0.1, 0.15) is 25.0 Å². The van der Waals surface area contributed by atoms with Crippen LogP contribution in [0.15, 0.2) is 35.0 Å². The van der Waals surface area contributed by atoms with Gasteiger partial charge in [-0.2, -0.15) is 0 Å². The van der Waals surface area contributed by atoms with Crippen LogP contribution in [0.4, 0.5) is 5.69 Å². The summed E-state index contributed by atoms with van der Waals surface area (Å²) in [7, 11) is 2.50. The highest BCUT2D eigenvalue weighted by molar-refractivity contribution is 8.10. The normalized spacial score (nSPS) is 16.3. The lowest BCUT2D eigenvalue weighted by molar-refractivity contribution is -0.133. The molecule has 7 nitrogen and oxygen atoms in total. The molecule has 0 spiro atoms. The Morgan fingerprint density at radius 3 is 2.45 bits per heavy atom. The molecule has 3 aromatic rings. The predicted octanol–water partition coefficient (Wildman–Crippen LogP) is 2.09. The molecule has 3 aromatic heterocycles. The number of esters is 2. The molecule has 1 aliphatic heterocycles. The fourth-order valence-corrected chi connectivity index (χ4v) is 6.14. The fraction of sp³-hybridized carbons (Fsp3) is 0.190. The Hall–Kier alpha value is -2.82. The largest absolute Gasteiger partial charge is 0.465 e. The Kier molecular flexibility index (Phi) is 6.03. The minimum Gasteiger partial charge on any atom is -0.465 e. The van der Waals surface area contributed by atoms with Crippen molar-refractivity contribution in [3.8, 4) is 0 Å². The van der Waals surface area contributed by atoms with Gasteiger partial charge in [-0.05, 0) is 29.0 Å². The molecule has 1 aliphatic rings. The third-order valence-corrected chi connectivity index (χ3v) is 7.73. The van der Waals surface area contributed by atoms with E-state index in [2.05, 4.69) is 0 Å². The number of nitrogens with zero attached hydrogens (tertiary/aromatic N) is 1. The molecule has 0 aromatic carbocycles. The number of aromatic nitrogens is 1. The number of ether oxygens (including phenoxy) is 2. The number of thiophene rings is 2. The number of rotatable bonds is 5. The van der Waals surface area contributed by atoms with E-state index in [1.807, 2.05) is 35.0 Å². The molecule has 160 valence electrons. The lowest BCUT2D eigenvalue weighted by atomic mass is 10.2. The Labute approximate surface area is 189 Å². The highest BCUT2D eigenvalue weighted by Crippen LogP contribution is 2.32. The SMILES string of the molecule is COC(=O)C1=c2/c(=C/c3cccs3)c(N)c(C(=O)OC)n2C(=O)C(Cc2cccs2)S1. The van der Waals surface area contributed by atoms with E-state index in [0.29, 0.717) is 11.6 Å². The molecule has 4 heterocycles. The van der Waals surface area contributed by atoms with Gasteiger partial charge in [-0.1, -0.05) is 12.1 Å². The van der Waals surface area contributed by atoms with Crippen molar-refractivity contribution in [2.75, 3.05) is 20.0 Å². The molecule has 2 N–H and O–H groups in total. The Morgan fingerprint density at radius 2 is 1.84 bits per heavy atom. The molecule has 1 atom stereocenters. The minimum absolute atomic E-state index is 0.0804. The number of methoxy groups -OCH3 is 2. The summed E-state index contributed by atoms with van der Waals surface area (Å²) in [6, 6.07) is 7.57. The van der Waals surface area contributed by atoms with Crippen LogP contribution in [-0.4, -0.2) is 41.9 Å². The molecule has 0 bridgehead atoms. The van der Waals surface area contributed by atoms with Crippen molar-refractivity contribution >= 4 is 68.9 Å². The van der Waals surface area contributed by atoms with Crippen LogP contribution in [0.3, 0.4) is 0 Å². The fourth-order valence-electron chi connectivity index (χ4n) is 3.38. The number of nitrogen functional groups attached to an aromatic ring is 1. The number of fused-ring (bicyclic) bond motifs is 1. The summed E-state index contributed by atoms with van der Waals surface area (Å²) in [6.45, 7) is 0. The van der Waals surface area contributed by atoms with Gasteiger partial charge >= 0.3 is 11.9 Å². The van der Waals surface area contributed by atoms with Gasteiger partial charge in [0.25, 0.3) is 0 Å². The molecule has 0 amide bonds. The summed E-state index contributed by atoms with van der Waals surface area (Å²) >= 11 is 4.12. The van der Waals surface area contributed by atoms with E-state index in [9.17, 15) is 14.4 Å². The Morgan fingerprint density at radius 1 is 1.13 bits per heavy atom. The van der Waals surface area contributed by atoms with Crippen molar-refractivity contribution in [1.29, 1.82) is 0 Å². The molecule has 10 heteroatoms. The number of thioether (sulfide) groups is 1. The van der Waals surface area contributed by atoms with Crippen LogP contribution < -0.4 is 16.3 Å². The van der Waals surface area contributed by atoms with Crippen LogP contribution in [0.25, 0.3) is 11.0 Å². The zero-order valence-electron chi connectivity index (χ0n) is 16.6. The van der Waals surface area contributed by atoms with Crippen molar-refractivity contribution in [2.24, 2.45) is 0 Å². The van der Waals surface area contributed by atoms with E-state index >= 15 is 0 Å². The van der Waals surface area contributed by atoms with Crippen molar-refractivity contribution in [1.82, 2.24) is 4.57 Å². The predicted molar refractivity (Wildman–Crippen MR) is 123 cm³/mol. The maximum Gasteiger partial charge on any atom is 0.357 e. The first-order valence-electron chi connectivity index (χ1n) is 9.15. The number of nitrogens with two attached hydrogens (primary N) is 1. The summed E-state index contributed by atoms with van der Waals surface area (Å²) in [5, 5.41) is 3.87. The van der Waals surface area contributed by atoms with Crippen molar-refractivity contribution in [3.05, 3.63) is 61.0 Å². The molecule has 0 fully saturated rings. The summed E-state index contributed by atoms with van der Waals surface area (Å²) in [4.78, 5) is 40.9. The minimum atomic E-state index is -0.746. The van der Waals surface area contributed by atoms with Crippen molar-refractivity contribution in [2.45, 2.75) is 11.7 Å². The standard InChI is InChI=1S/C21H18N2O5S3/c1-27-20(25)17-15(22)13(9-11-5-3-7-29-11)16-18(21(26)28-2)31-14(19(24)23(16)17)10-12-6-4-8-30-12/h3-9,14H,10,22H2,1-2H3/b13-9+. The average Bonchev–Trinajstić information content (AvgIpc) is 3.52. The summed E-state index contributed by atoms with van der Waals surface area (Å²) in [5.74, 6) is -1.67. The number of carbonyl (C=O) groups is 3. The smallest absolute Gasteiger partial charge is 0.357 e. The quantitative estimate of drug-likeness (QED) is 0.565. The maximum atomic E-state index is 13.5. The van der Waals surface area contributed by atoms with Gasteiger partial charge < -0.3 is 15.2 Å². The van der Waals surface area contributed by atoms with Gasteiger partial charge in [0.2, 0.25) is 5.91 Å². The average molecular weight is 475 g/mol. The third kappa shape index (κ3) is 3.82. The molecule has 1 unspecified atom stereocenters. The number of anilines is 1. The van der Waals surface area contributed by atoms with Gasteiger partial charge in [-0.15, -0.1) is 34.4 Å². The highest BCUT2D eigenvalue weighted by Gasteiger charge is 2.37. The Bertz CT molecular complexity index is 1270. The van der Waals surface area contributed by atoms with Crippen molar-refractivity contribution in [3.63, 3.8) is 0 Å². The monoisotopic (exact) mass is 474 g/mol. The lowest BCUT2D eigenvalue weighted by Crippen LogP contribution is -2.45. The second-order valence-corrected chi connectivity index (χ2v) is 9.78. The molecular formula is C21H18N2O5S3. The molecule has 31 heavy (non-hydrogen) atoms. The zero-order valence-corrected chi connectivity index (χ0v) is 19.1. The molecule has 0 radical (unpaired) electrons. The lowest BCUT2D eigenvalue weighted by Gasteiger charge is -2.22. The van der Waals surface area contributed by atoms with Crippen LogP contribution in [0, 0.1) is 0 Å². The van der Waals surface area contributed by atoms with Crippen LogP contribution in [0.2, 0.25) is 0 Å². The van der Waals surface area contributed by atoms with Gasteiger partial charge in [0, 0.05) is 21.4 Å². The molecule has 0 saturated carbocycles. The van der Waals surface area contributed by atoms with E-state index in [4.69, 9.17) is 15.2 Å². The second kappa shape index (κ2) is 8.74. The Balaban J connectivity index is 2.04. The first-order chi connectivity index (χ1) is 15.0. The first-order valence-corrected chi connectivity index (χ1v) is 11.8. The van der Waals surface area contributed by atoms with E-state index in [1.54, 1.807) is 6.08 Å². The number of hydrogen-bond acceptors (Lipinski definition) is 9. The second-order valence-electron chi connectivity index (χ2n) is 6.56. The molecule has 0 saturated heterocycles. The van der Waals surface area contributed by atoms with Gasteiger partial charge in [-0.3, -0.25) is 9.36 Å². The number of carbonyl (C=O) groups excluding carboxylic acids is 3. The summed E-state index contributed by atoms with van der Waals surface area (Å²) in [6.07, 6.45) is 2.17. The van der Waals surface area contributed by atoms with Gasteiger partial charge in [-0.25, -0.2) is 9.59 Å². The van der Waals surface area contributed by atoms with Gasteiger partial charge in [0.05, 0.1) is 30.5 Å². The van der Waals surface area contributed by atoms with Crippen LogP contribution >= 0.6 is 34.4 Å². The molecular weight excluding hydrogens is 456 g/mol. The van der Waals surface area contributed by atoms with Crippen molar-refractivity contribution < 1.29 is 23.9 Å². The topological polar surface area (TPSA) is 101 Å². The molecule has 0 aliphatic carbocycles. The maximum absolute atomic E-state index is 13.5. The summed E-state index contributed by atoms with van der Waals surface area (Å²) in [5.41, 5.74) is 6.36. The first kappa shape index (κ1) is 21.4. The van der Waals surface area contributed by atoms with Crippen LogP contribution in [-0.2, 0) is 20.7 Å². The van der Waals surface area contributed by atoms with Gasteiger partial charge in [0.15, 0.2) is 5.69 Å². The molecule has 4 rings (SSSR count). The van der Waals surface area contributed by atoms with E-state index in [0.717, 1.165) is 21.5 Å². The van der Waals surface area contributed by atoms with E-state index in [-0.39, 0.29) is 27.5 Å². The zero-order chi connectivity index (χ0) is 22.1. The van der Waals surface area contributed by atoms with E-state index in [1.165, 1.54) is 41.5 Å². The highest BCUT2D eigenvalue weighted by atomic mass is 32.2. The number of hydrogen-bond donors (Lipinski definition) is 1. The van der Waals surface area contributed by atoms with Gasteiger partial charge in [0.1, 0.15) is 4.91 Å². The van der Waals surface area contributed by atoms with E-state index < -0.39 is 17.2 Å². The van der Waals surface area contributed by atoms with Crippen LogP contribution in [0.5, 0.6) is 0 Å².